The molecule has 2 aromatic heterocycles. The predicted molar refractivity (Wildman–Crippen MR) is 80.0 cm³/mol. The summed E-state index contributed by atoms with van der Waals surface area (Å²) in [7, 11) is 0. The third-order valence-corrected chi connectivity index (χ3v) is 4.78. The van der Waals surface area contributed by atoms with Gasteiger partial charge in [-0.1, -0.05) is 10.6 Å². The lowest BCUT2D eigenvalue weighted by Crippen LogP contribution is -2.35. The summed E-state index contributed by atoms with van der Waals surface area (Å²) < 4.78 is 3.76. The summed E-state index contributed by atoms with van der Waals surface area (Å²) in [5, 5.41) is 7.70. The zero-order chi connectivity index (χ0) is 13.8. The normalized spacial score (nSPS) is 17.1. The predicted octanol–water partition coefficient (Wildman–Crippen LogP) is 1.95. The van der Waals surface area contributed by atoms with Gasteiger partial charge in [-0.05, 0) is 29.4 Å². The minimum atomic E-state index is 0.0109. The molecular weight excluding hydrogens is 292 g/mol. The van der Waals surface area contributed by atoms with Gasteiger partial charge in [-0.2, -0.15) is 0 Å². The number of nitrogens with zero attached hydrogens (tertiary/aromatic N) is 4. The molecule has 0 saturated carbocycles. The van der Waals surface area contributed by atoms with Crippen LogP contribution in [0.15, 0.2) is 22.9 Å². The SMILES string of the molecule is O=C(c1csnn1)N1CCCN(Cc2cccs2)CC1. The molecule has 1 aliphatic rings. The Morgan fingerprint density at radius 3 is 3.00 bits per heavy atom. The zero-order valence-electron chi connectivity index (χ0n) is 11.1. The summed E-state index contributed by atoms with van der Waals surface area (Å²) >= 11 is 3.01. The number of rotatable bonds is 3. The van der Waals surface area contributed by atoms with E-state index in [2.05, 4.69) is 32.0 Å². The van der Waals surface area contributed by atoms with Crippen LogP contribution < -0.4 is 0 Å². The standard InChI is InChI=1S/C13H16N4OS2/c18-13(12-10-20-15-14-12)17-5-2-4-16(6-7-17)9-11-3-1-8-19-11/h1,3,8,10H,2,4-7,9H2. The molecule has 2 aromatic rings. The molecule has 106 valence electrons. The molecule has 5 nitrogen and oxygen atoms in total. The highest BCUT2D eigenvalue weighted by Gasteiger charge is 2.21. The first-order valence-corrected chi connectivity index (χ1v) is 8.35. The molecule has 20 heavy (non-hydrogen) atoms. The summed E-state index contributed by atoms with van der Waals surface area (Å²) in [5.41, 5.74) is 0.474. The van der Waals surface area contributed by atoms with Gasteiger partial charge in [-0.3, -0.25) is 9.69 Å². The first kappa shape index (κ1) is 13.7. The van der Waals surface area contributed by atoms with Gasteiger partial charge in [0.1, 0.15) is 0 Å². The topological polar surface area (TPSA) is 49.3 Å². The molecule has 3 heterocycles. The van der Waals surface area contributed by atoms with Crippen molar-refractivity contribution < 1.29 is 4.79 Å². The molecule has 0 radical (unpaired) electrons. The summed E-state index contributed by atoms with van der Waals surface area (Å²) in [4.78, 5) is 17.9. The first-order chi connectivity index (χ1) is 9.83. The van der Waals surface area contributed by atoms with Crippen LogP contribution in [0.25, 0.3) is 0 Å². The van der Waals surface area contributed by atoms with E-state index in [1.165, 1.54) is 16.4 Å². The zero-order valence-corrected chi connectivity index (χ0v) is 12.7. The van der Waals surface area contributed by atoms with Gasteiger partial charge in [0.2, 0.25) is 0 Å². The van der Waals surface area contributed by atoms with E-state index in [1.807, 2.05) is 4.90 Å². The molecule has 1 fully saturated rings. The highest BCUT2D eigenvalue weighted by Crippen LogP contribution is 2.14. The number of hydrogen-bond donors (Lipinski definition) is 0. The maximum atomic E-state index is 12.3. The lowest BCUT2D eigenvalue weighted by Gasteiger charge is -2.20. The van der Waals surface area contributed by atoms with Crippen LogP contribution in [0.5, 0.6) is 0 Å². The molecule has 1 amide bonds. The van der Waals surface area contributed by atoms with E-state index >= 15 is 0 Å². The number of carbonyl (C=O) groups is 1. The third kappa shape index (κ3) is 3.23. The third-order valence-electron chi connectivity index (χ3n) is 3.41. The molecule has 0 N–H and O–H groups in total. The molecule has 1 saturated heterocycles. The summed E-state index contributed by atoms with van der Waals surface area (Å²) in [6, 6.07) is 4.25. The maximum absolute atomic E-state index is 12.3. The summed E-state index contributed by atoms with van der Waals surface area (Å²) in [5.74, 6) is 0.0109. The van der Waals surface area contributed by atoms with Crippen molar-refractivity contribution in [3.8, 4) is 0 Å². The van der Waals surface area contributed by atoms with E-state index in [-0.39, 0.29) is 5.91 Å². The highest BCUT2D eigenvalue weighted by molar-refractivity contribution is 7.09. The average Bonchev–Trinajstić information content (AvgIpc) is 3.10. The van der Waals surface area contributed by atoms with Gasteiger partial charge in [0.15, 0.2) is 5.69 Å². The van der Waals surface area contributed by atoms with Gasteiger partial charge in [-0.25, -0.2) is 0 Å². The minimum Gasteiger partial charge on any atom is -0.336 e. The number of amides is 1. The van der Waals surface area contributed by atoms with Gasteiger partial charge in [0.05, 0.1) is 0 Å². The number of hydrogen-bond acceptors (Lipinski definition) is 6. The van der Waals surface area contributed by atoms with Gasteiger partial charge in [-0.15, -0.1) is 16.4 Å². The van der Waals surface area contributed by atoms with Crippen LogP contribution in [0.1, 0.15) is 21.8 Å². The van der Waals surface area contributed by atoms with Crippen molar-refractivity contribution in [2.24, 2.45) is 0 Å². The van der Waals surface area contributed by atoms with Crippen molar-refractivity contribution >= 4 is 28.8 Å². The van der Waals surface area contributed by atoms with E-state index < -0.39 is 0 Å². The second-order valence-electron chi connectivity index (χ2n) is 4.79. The Hall–Kier alpha value is -1.31. The monoisotopic (exact) mass is 308 g/mol. The Morgan fingerprint density at radius 1 is 1.30 bits per heavy atom. The smallest absolute Gasteiger partial charge is 0.275 e. The van der Waals surface area contributed by atoms with Crippen LogP contribution in [0.2, 0.25) is 0 Å². The van der Waals surface area contributed by atoms with Crippen LogP contribution in [-0.2, 0) is 6.54 Å². The van der Waals surface area contributed by atoms with E-state index in [1.54, 1.807) is 16.7 Å². The minimum absolute atomic E-state index is 0.0109. The number of aromatic nitrogens is 2. The first-order valence-electron chi connectivity index (χ1n) is 6.64. The fourth-order valence-electron chi connectivity index (χ4n) is 2.37. The molecule has 0 unspecified atom stereocenters. The molecule has 7 heteroatoms. The van der Waals surface area contributed by atoms with Crippen molar-refractivity contribution in [1.29, 1.82) is 0 Å². The van der Waals surface area contributed by atoms with E-state index in [9.17, 15) is 4.79 Å². The van der Waals surface area contributed by atoms with Crippen molar-refractivity contribution in [2.75, 3.05) is 26.2 Å². The number of carbonyl (C=O) groups excluding carboxylic acids is 1. The Labute approximate surface area is 126 Å². The summed E-state index contributed by atoms with van der Waals surface area (Å²) in [6.45, 7) is 4.51. The van der Waals surface area contributed by atoms with Gasteiger partial charge in [0, 0.05) is 43.0 Å². The van der Waals surface area contributed by atoms with Crippen LogP contribution in [-0.4, -0.2) is 51.5 Å². The quantitative estimate of drug-likeness (QED) is 0.869. The fourth-order valence-corrected chi connectivity index (χ4v) is 3.55. The molecule has 0 aliphatic carbocycles. The maximum Gasteiger partial charge on any atom is 0.275 e. The summed E-state index contributed by atoms with van der Waals surface area (Å²) in [6.07, 6.45) is 1.01. The molecule has 3 rings (SSSR count). The fraction of sp³-hybridized carbons (Fsp3) is 0.462. The van der Waals surface area contributed by atoms with Gasteiger partial charge >= 0.3 is 0 Å². The highest BCUT2D eigenvalue weighted by atomic mass is 32.1. The second kappa shape index (κ2) is 6.43. The number of thiophene rings is 1. The second-order valence-corrected chi connectivity index (χ2v) is 6.43. The molecule has 0 bridgehead atoms. The molecule has 0 atom stereocenters. The van der Waals surface area contributed by atoms with Gasteiger partial charge < -0.3 is 4.90 Å². The largest absolute Gasteiger partial charge is 0.336 e. The molecular formula is C13H16N4OS2. The van der Waals surface area contributed by atoms with Crippen LogP contribution >= 0.6 is 22.9 Å². The lowest BCUT2D eigenvalue weighted by atomic mass is 10.3. The van der Waals surface area contributed by atoms with E-state index in [4.69, 9.17) is 0 Å². The average molecular weight is 308 g/mol. The Morgan fingerprint density at radius 2 is 2.25 bits per heavy atom. The lowest BCUT2D eigenvalue weighted by molar-refractivity contribution is 0.0755. The molecule has 0 spiro atoms. The van der Waals surface area contributed by atoms with Crippen molar-refractivity contribution in [2.45, 2.75) is 13.0 Å². The van der Waals surface area contributed by atoms with Crippen LogP contribution in [0, 0.1) is 0 Å². The van der Waals surface area contributed by atoms with E-state index in [0.29, 0.717) is 5.69 Å². The van der Waals surface area contributed by atoms with E-state index in [0.717, 1.165) is 39.1 Å². The van der Waals surface area contributed by atoms with Gasteiger partial charge in [0.25, 0.3) is 5.91 Å². The van der Waals surface area contributed by atoms with Crippen molar-refractivity contribution in [1.82, 2.24) is 19.4 Å². The molecule has 1 aliphatic heterocycles. The van der Waals surface area contributed by atoms with Crippen molar-refractivity contribution in [3.63, 3.8) is 0 Å². The van der Waals surface area contributed by atoms with Crippen molar-refractivity contribution in [3.05, 3.63) is 33.5 Å². The molecule has 0 aromatic carbocycles. The Kier molecular flexibility index (Phi) is 4.39. The Balaban J connectivity index is 1.58. The Bertz CT molecular complexity index is 541. The van der Waals surface area contributed by atoms with Crippen LogP contribution in [0.4, 0.5) is 0 Å². The van der Waals surface area contributed by atoms with Crippen LogP contribution in [0.3, 0.4) is 0 Å².